The number of hydrogen-bond acceptors (Lipinski definition) is 7. The summed E-state index contributed by atoms with van der Waals surface area (Å²) in [5.41, 5.74) is 1.33. The number of rotatable bonds is 5. The van der Waals surface area contributed by atoms with Gasteiger partial charge in [0.25, 0.3) is 10.9 Å². The maximum atomic E-state index is 12.4. The second-order valence-corrected chi connectivity index (χ2v) is 8.26. The number of ether oxygens (including phenoxy) is 1. The summed E-state index contributed by atoms with van der Waals surface area (Å²) >= 11 is 6.10. The number of nitrogens with zero attached hydrogens (tertiary/aromatic N) is 3. The SMILES string of the molecule is CCOC(=O)C1CCN(c2c(N3CCN(c4cccc(Cl)c4)CC3)c(=O)c2=O)CC1. The number of anilines is 3. The quantitative estimate of drug-likeness (QED) is 0.530. The fourth-order valence-corrected chi connectivity index (χ4v) is 4.60. The van der Waals surface area contributed by atoms with Crippen molar-refractivity contribution in [2.45, 2.75) is 19.8 Å². The highest BCUT2D eigenvalue weighted by Gasteiger charge is 2.34. The van der Waals surface area contributed by atoms with Gasteiger partial charge in [0, 0.05) is 50.0 Å². The smallest absolute Gasteiger partial charge is 0.309 e. The van der Waals surface area contributed by atoms with E-state index >= 15 is 0 Å². The molecule has 0 bridgehead atoms. The van der Waals surface area contributed by atoms with Gasteiger partial charge in [-0.1, -0.05) is 17.7 Å². The van der Waals surface area contributed by atoms with Crippen LogP contribution in [-0.4, -0.2) is 51.8 Å². The zero-order chi connectivity index (χ0) is 21.3. The molecule has 2 aliphatic rings. The van der Waals surface area contributed by atoms with Gasteiger partial charge in [0.15, 0.2) is 0 Å². The van der Waals surface area contributed by atoms with Crippen LogP contribution in [0.15, 0.2) is 33.9 Å². The first-order valence-electron chi connectivity index (χ1n) is 10.5. The number of hydrogen-bond donors (Lipinski definition) is 0. The average molecular weight is 432 g/mol. The number of halogens is 1. The molecule has 0 N–H and O–H groups in total. The van der Waals surface area contributed by atoms with Crippen LogP contribution < -0.4 is 25.6 Å². The monoisotopic (exact) mass is 431 g/mol. The van der Waals surface area contributed by atoms with E-state index in [1.54, 1.807) is 6.92 Å². The normalized spacial score (nSPS) is 18.1. The Hall–Kier alpha value is -2.54. The van der Waals surface area contributed by atoms with E-state index in [1.807, 2.05) is 34.1 Å². The van der Waals surface area contributed by atoms with Crippen LogP contribution in [0, 0.1) is 5.92 Å². The molecular formula is C22H26ClN3O4. The van der Waals surface area contributed by atoms with Crippen molar-refractivity contribution >= 4 is 34.6 Å². The molecule has 2 fully saturated rings. The highest BCUT2D eigenvalue weighted by atomic mass is 35.5. The number of benzene rings is 1. The lowest BCUT2D eigenvalue weighted by molar-refractivity contribution is -0.148. The molecule has 30 heavy (non-hydrogen) atoms. The van der Waals surface area contributed by atoms with Crippen molar-refractivity contribution in [3.8, 4) is 0 Å². The van der Waals surface area contributed by atoms with Gasteiger partial charge >= 0.3 is 5.97 Å². The molecule has 0 spiro atoms. The number of piperidine rings is 1. The van der Waals surface area contributed by atoms with Gasteiger partial charge in [-0.25, -0.2) is 0 Å². The van der Waals surface area contributed by atoms with Crippen LogP contribution in [0.2, 0.25) is 5.02 Å². The summed E-state index contributed by atoms with van der Waals surface area (Å²) in [7, 11) is 0. The molecule has 2 aromatic carbocycles. The first-order chi connectivity index (χ1) is 14.5. The molecule has 4 rings (SSSR count). The van der Waals surface area contributed by atoms with Gasteiger partial charge in [0.05, 0.1) is 12.5 Å². The standard InChI is InChI=1S/C22H26ClN3O4/c1-2-30-22(29)15-6-8-25(9-7-15)18-19(21(28)20(18)27)26-12-10-24(11-13-26)17-5-3-4-16(23)14-17/h3-5,14-15H,2,6-13H2,1H3. The van der Waals surface area contributed by atoms with Crippen LogP contribution in [0.3, 0.4) is 0 Å². The largest absolute Gasteiger partial charge is 0.466 e. The van der Waals surface area contributed by atoms with E-state index in [2.05, 4.69) is 4.90 Å². The second-order valence-electron chi connectivity index (χ2n) is 7.82. The minimum Gasteiger partial charge on any atom is -0.466 e. The summed E-state index contributed by atoms with van der Waals surface area (Å²) < 4.78 is 5.11. The number of carbonyl (C=O) groups excluding carboxylic acids is 1. The molecular weight excluding hydrogens is 406 g/mol. The van der Waals surface area contributed by atoms with Crippen LogP contribution in [0.25, 0.3) is 0 Å². The van der Waals surface area contributed by atoms with E-state index in [0.29, 0.717) is 62.0 Å². The fourth-order valence-electron chi connectivity index (χ4n) is 4.41. The molecule has 0 aliphatic carbocycles. The van der Waals surface area contributed by atoms with Crippen molar-refractivity contribution in [3.05, 3.63) is 49.7 Å². The summed E-state index contributed by atoms with van der Waals surface area (Å²) in [6.45, 7) is 6.20. The molecule has 160 valence electrons. The van der Waals surface area contributed by atoms with Gasteiger partial charge in [0.1, 0.15) is 11.4 Å². The summed E-state index contributed by atoms with van der Waals surface area (Å²) in [6, 6.07) is 7.74. The third-order valence-corrected chi connectivity index (χ3v) is 6.30. The zero-order valence-corrected chi connectivity index (χ0v) is 17.9. The molecule has 2 heterocycles. The van der Waals surface area contributed by atoms with E-state index < -0.39 is 10.9 Å². The third kappa shape index (κ3) is 3.90. The van der Waals surface area contributed by atoms with Gasteiger partial charge in [-0.05, 0) is 38.0 Å². The minimum atomic E-state index is -0.406. The lowest BCUT2D eigenvalue weighted by Crippen LogP contribution is -2.53. The highest BCUT2D eigenvalue weighted by Crippen LogP contribution is 2.30. The molecule has 0 aromatic heterocycles. The Kier molecular flexibility index (Phi) is 5.99. The number of carbonyl (C=O) groups is 1. The van der Waals surface area contributed by atoms with Gasteiger partial charge in [0.2, 0.25) is 0 Å². The first kappa shape index (κ1) is 20.7. The first-order valence-corrected chi connectivity index (χ1v) is 10.9. The molecule has 2 aromatic rings. The maximum Gasteiger partial charge on any atom is 0.309 e. The molecule has 2 saturated heterocycles. The second kappa shape index (κ2) is 8.68. The van der Waals surface area contributed by atoms with Gasteiger partial charge in [-0.3, -0.25) is 14.4 Å². The van der Waals surface area contributed by atoms with Crippen molar-refractivity contribution in [2.75, 3.05) is 60.6 Å². The molecule has 0 amide bonds. The Bertz CT molecular complexity index is 985. The van der Waals surface area contributed by atoms with Gasteiger partial charge < -0.3 is 19.4 Å². The molecule has 2 aliphatic heterocycles. The lowest BCUT2D eigenvalue weighted by Gasteiger charge is -2.40. The predicted octanol–water partition coefficient (Wildman–Crippen LogP) is 2.04. The minimum absolute atomic E-state index is 0.127. The Balaban J connectivity index is 1.41. The average Bonchev–Trinajstić information content (AvgIpc) is 2.77. The Morgan fingerprint density at radius 1 is 0.967 bits per heavy atom. The Morgan fingerprint density at radius 3 is 2.10 bits per heavy atom. The van der Waals surface area contributed by atoms with Gasteiger partial charge in [-0.15, -0.1) is 0 Å². The van der Waals surface area contributed by atoms with Crippen molar-refractivity contribution < 1.29 is 9.53 Å². The molecule has 0 unspecified atom stereocenters. The maximum absolute atomic E-state index is 12.4. The topological polar surface area (TPSA) is 70.2 Å². The zero-order valence-electron chi connectivity index (χ0n) is 17.1. The van der Waals surface area contributed by atoms with E-state index in [9.17, 15) is 14.4 Å². The van der Waals surface area contributed by atoms with Crippen molar-refractivity contribution in [1.82, 2.24) is 0 Å². The molecule has 8 heteroatoms. The van der Waals surface area contributed by atoms with Gasteiger partial charge in [-0.2, -0.15) is 0 Å². The van der Waals surface area contributed by atoms with Crippen LogP contribution in [0.4, 0.5) is 17.1 Å². The molecule has 0 radical (unpaired) electrons. The van der Waals surface area contributed by atoms with Crippen LogP contribution in [0.5, 0.6) is 0 Å². The van der Waals surface area contributed by atoms with Crippen molar-refractivity contribution in [2.24, 2.45) is 5.92 Å². The van der Waals surface area contributed by atoms with E-state index in [4.69, 9.17) is 16.3 Å². The van der Waals surface area contributed by atoms with E-state index in [-0.39, 0.29) is 11.9 Å². The fraction of sp³-hybridized carbons (Fsp3) is 0.500. The summed E-state index contributed by atoms with van der Waals surface area (Å²) in [5, 5.41) is 0.700. The van der Waals surface area contributed by atoms with E-state index in [0.717, 1.165) is 18.8 Å². The molecule has 0 atom stereocenters. The predicted molar refractivity (Wildman–Crippen MR) is 119 cm³/mol. The van der Waals surface area contributed by atoms with Crippen LogP contribution in [-0.2, 0) is 9.53 Å². The highest BCUT2D eigenvalue weighted by molar-refractivity contribution is 6.30. The summed E-state index contributed by atoms with van der Waals surface area (Å²) in [6.07, 6.45) is 1.28. The number of esters is 1. The third-order valence-electron chi connectivity index (χ3n) is 6.06. The van der Waals surface area contributed by atoms with Crippen molar-refractivity contribution in [1.29, 1.82) is 0 Å². The lowest BCUT2D eigenvalue weighted by atomic mass is 9.95. The Morgan fingerprint density at radius 2 is 1.53 bits per heavy atom. The summed E-state index contributed by atoms with van der Waals surface area (Å²) in [5.74, 6) is -0.295. The van der Waals surface area contributed by atoms with Crippen LogP contribution >= 0.6 is 11.6 Å². The summed E-state index contributed by atoms with van der Waals surface area (Å²) in [4.78, 5) is 42.9. The number of piperazine rings is 1. The molecule has 7 nitrogen and oxygen atoms in total. The van der Waals surface area contributed by atoms with Crippen LogP contribution in [0.1, 0.15) is 19.8 Å². The van der Waals surface area contributed by atoms with E-state index in [1.165, 1.54) is 0 Å². The van der Waals surface area contributed by atoms with Crippen molar-refractivity contribution in [3.63, 3.8) is 0 Å². The Labute approximate surface area is 180 Å². The molecule has 0 saturated carbocycles.